The minimum atomic E-state index is -3.85. The van der Waals surface area contributed by atoms with Crippen LogP contribution in [0.3, 0.4) is 0 Å². The van der Waals surface area contributed by atoms with Crippen molar-refractivity contribution in [1.29, 1.82) is 0 Å². The lowest BCUT2D eigenvalue weighted by molar-refractivity contribution is -0.111. The van der Waals surface area contributed by atoms with Gasteiger partial charge >= 0.3 is 0 Å². The predicted molar refractivity (Wildman–Crippen MR) is 113 cm³/mol. The van der Waals surface area contributed by atoms with Crippen LogP contribution in [0, 0.1) is 0 Å². The zero-order chi connectivity index (χ0) is 20.9. The second-order valence-corrected chi connectivity index (χ2v) is 8.16. The third-order valence-electron chi connectivity index (χ3n) is 3.62. The summed E-state index contributed by atoms with van der Waals surface area (Å²) in [5, 5.41) is 3.47. The van der Waals surface area contributed by atoms with Crippen LogP contribution in [-0.2, 0) is 14.8 Å². The molecule has 2 N–H and O–H groups in total. The van der Waals surface area contributed by atoms with E-state index in [0.717, 1.165) is 0 Å². The number of hydrogen-bond acceptors (Lipinski definition) is 5. The number of carbonyl (C=O) groups is 1. The minimum Gasteiger partial charge on any atom is -0.323 e. The second kappa shape index (κ2) is 9.04. The van der Waals surface area contributed by atoms with Gasteiger partial charge in [0, 0.05) is 39.8 Å². The van der Waals surface area contributed by atoms with Crippen molar-refractivity contribution in [3.05, 3.63) is 82.6 Å². The standard InChI is InChI=1S/C19H14Cl2N4O3S/c20-16-3-1-4-17(21)15(16)9-10-18(26)24-13-5-7-14(8-6-13)29(27,28)25-19-22-11-2-12-23-19/h1-12H,(H,24,26)(H,22,23,25)/b10-9+. The Balaban J connectivity index is 1.67. The van der Waals surface area contributed by atoms with Gasteiger partial charge in [-0.15, -0.1) is 0 Å². The van der Waals surface area contributed by atoms with E-state index in [1.54, 1.807) is 24.3 Å². The number of benzene rings is 2. The van der Waals surface area contributed by atoms with E-state index < -0.39 is 15.9 Å². The fourth-order valence-corrected chi connectivity index (χ4v) is 3.74. The Morgan fingerprint density at radius 1 is 0.931 bits per heavy atom. The van der Waals surface area contributed by atoms with Crippen molar-refractivity contribution in [2.45, 2.75) is 4.90 Å². The molecule has 0 aliphatic heterocycles. The van der Waals surface area contributed by atoms with Crippen molar-refractivity contribution < 1.29 is 13.2 Å². The van der Waals surface area contributed by atoms with Gasteiger partial charge in [-0.1, -0.05) is 29.3 Å². The molecule has 0 aliphatic carbocycles. The van der Waals surface area contributed by atoms with Gasteiger partial charge < -0.3 is 5.32 Å². The molecule has 0 atom stereocenters. The molecular weight excluding hydrogens is 435 g/mol. The molecule has 0 aliphatic rings. The van der Waals surface area contributed by atoms with E-state index in [1.165, 1.54) is 48.8 Å². The van der Waals surface area contributed by atoms with Crippen molar-refractivity contribution in [3.63, 3.8) is 0 Å². The first-order valence-corrected chi connectivity index (χ1v) is 10.4. The second-order valence-electron chi connectivity index (χ2n) is 5.66. The molecule has 2 aromatic carbocycles. The molecule has 1 heterocycles. The van der Waals surface area contributed by atoms with E-state index in [-0.39, 0.29) is 10.8 Å². The molecule has 0 fully saturated rings. The van der Waals surface area contributed by atoms with Crippen molar-refractivity contribution in [2.24, 2.45) is 0 Å². The van der Waals surface area contributed by atoms with Crippen molar-refractivity contribution in [2.75, 3.05) is 10.0 Å². The number of nitrogens with one attached hydrogen (secondary N) is 2. The average molecular weight is 449 g/mol. The van der Waals surface area contributed by atoms with Crippen LogP contribution < -0.4 is 10.0 Å². The van der Waals surface area contributed by atoms with Gasteiger partial charge in [-0.2, -0.15) is 0 Å². The van der Waals surface area contributed by atoms with E-state index in [0.29, 0.717) is 21.3 Å². The molecule has 1 aromatic heterocycles. The lowest BCUT2D eigenvalue weighted by Gasteiger charge is -2.07. The fraction of sp³-hybridized carbons (Fsp3) is 0. The lowest BCUT2D eigenvalue weighted by Crippen LogP contribution is -2.15. The molecule has 1 amide bonds. The Kier molecular flexibility index (Phi) is 6.48. The SMILES string of the molecule is O=C(/C=C/c1c(Cl)cccc1Cl)Nc1ccc(S(=O)(=O)Nc2ncccn2)cc1. The van der Waals surface area contributed by atoms with Crippen molar-refractivity contribution in [1.82, 2.24) is 9.97 Å². The van der Waals surface area contributed by atoms with Gasteiger partial charge in [0.25, 0.3) is 10.0 Å². The molecule has 29 heavy (non-hydrogen) atoms. The van der Waals surface area contributed by atoms with E-state index >= 15 is 0 Å². The van der Waals surface area contributed by atoms with E-state index in [9.17, 15) is 13.2 Å². The minimum absolute atomic E-state index is 0.00124. The number of carbonyl (C=O) groups excluding carboxylic acids is 1. The molecule has 0 unspecified atom stereocenters. The number of nitrogens with zero attached hydrogens (tertiary/aromatic N) is 2. The molecule has 0 radical (unpaired) electrons. The summed E-state index contributed by atoms with van der Waals surface area (Å²) in [5.74, 6) is -0.458. The Bertz CT molecular complexity index is 1130. The highest BCUT2D eigenvalue weighted by Crippen LogP contribution is 2.25. The first-order chi connectivity index (χ1) is 13.8. The largest absolute Gasteiger partial charge is 0.323 e. The quantitative estimate of drug-likeness (QED) is 0.549. The number of anilines is 2. The van der Waals surface area contributed by atoms with Gasteiger partial charge in [0.15, 0.2) is 0 Å². The number of amides is 1. The summed E-state index contributed by atoms with van der Waals surface area (Å²) in [6.07, 6.45) is 5.63. The highest BCUT2D eigenvalue weighted by atomic mass is 35.5. The van der Waals surface area contributed by atoms with Gasteiger partial charge in [0.2, 0.25) is 11.9 Å². The zero-order valence-corrected chi connectivity index (χ0v) is 17.0. The van der Waals surface area contributed by atoms with E-state index in [1.807, 2.05) is 0 Å². The summed E-state index contributed by atoms with van der Waals surface area (Å²) in [7, 11) is -3.85. The number of halogens is 2. The number of hydrogen-bond donors (Lipinski definition) is 2. The molecule has 3 rings (SSSR count). The van der Waals surface area contributed by atoms with Crippen molar-refractivity contribution >= 4 is 56.8 Å². The topological polar surface area (TPSA) is 101 Å². The Morgan fingerprint density at radius 2 is 1.55 bits per heavy atom. The van der Waals surface area contributed by atoms with Crippen LogP contribution in [0.15, 0.2) is 71.9 Å². The Morgan fingerprint density at radius 3 is 2.17 bits per heavy atom. The maximum absolute atomic E-state index is 12.3. The molecule has 0 bridgehead atoms. The first-order valence-electron chi connectivity index (χ1n) is 8.18. The van der Waals surface area contributed by atoms with Gasteiger partial charge in [0.05, 0.1) is 4.90 Å². The molecular formula is C19H14Cl2N4O3S. The zero-order valence-electron chi connectivity index (χ0n) is 14.7. The average Bonchev–Trinajstić information content (AvgIpc) is 2.68. The van der Waals surface area contributed by atoms with Gasteiger partial charge in [-0.25, -0.2) is 23.1 Å². The van der Waals surface area contributed by atoms with Crippen LogP contribution in [0.4, 0.5) is 11.6 Å². The normalized spacial score (nSPS) is 11.4. The summed E-state index contributed by atoms with van der Waals surface area (Å²) >= 11 is 12.1. The highest BCUT2D eigenvalue weighted by molar-refractivity contribution is 7.92. The van der Waals surface area contributed by atoms with E-state index in [2.05, 4.69) is 20.0 Å². The molecule has 0 saturated carbocycles. The Labute approximate surface area is 177 Å². The predicted octanol–water partition coefficient (Wildman–Crippen LogP) is 4.24. The molecule has 148 valence electrons. The van der Waals surface area contributed by atoms with Crippen LogP contribution in [0.25, 0.3) is 6.08 Å². The lowest BCUT2D eigenvalue weighted by atomic mass is 10.2. The summed E-state index contributed by atoms with van der Waals surface area (Å²) in [5.41, 5.74) is 0.946. The maximum atomic E-state index is 12.3. The van der Waals surface area contributed by atoms with Crippen LogP contribution in [0.2, 0.25) is 10.0 Å². The Hall–Kier alpha value is -2.94. The summed E-state index contributed by atoms with van der Waals surface area (Å²) in [6.45, 7) is 0. The monoisotopic (exact) mass is 448 g/mol. The number of aromatic nitrogens is 2. The van der Waals surface area contributed by atoms with Crippen LogP contribution in [-0.4, -0.2) is 24.3 Å². The third kappa shape index (κ3) is 5.54. The molecule has 0 spiro atoms. The summed E-state index contributed by atoms with van der Waals surface area (Å²) < 4.78 is 27.0. The molecule has 0 saturated heterocycles. The smallest absolute Gasteiger partial charge is 0.264 e. The molecule has 7 nitrogen and oxygen atoms in total. The summed E-state index contributed by atoms with van der Waals surface area (Å²) in [4.78, 5) is 19.7. The van der Waals surface area contributed by atoms with Crippen LogP contribution in [0.1, 0.15) is 5.56 Å². The third-order valence-corrected chi connectivity index (χ3v) is 5.63. The first kappa shape index (κ1) is 20.8. The maximum Gasteiger partial charge on any atom is 0.264 e. The summed E-state index contributed by atoms with van der Waals surface area (Å²) in [6, 6.07) is 12.3. The highest BCUT2D eigenvalue weighted by Gasteiger charge is 2.15. The fourth-order valence-electron chi connectivity index (χ4n) is 2.26. The number of sulfonamides is 1. The van der Waals surface area contributed by atoms with Crippen molar-refractivity contribution in [3.8, 4) is 0 Å². The van der Waals surface area contributed by atoms with Gasteiger partial charge in [0.1, 0.15) is 0 Å². The van der Waals surface area contributed by atoms with Crippen LogP contribution >= 0.6 is 23.2 Å². The van der Waals surface area contributed by atoms with E-state index in [4.69, 9.17) is 23.2 Å². The molecule has 10 heteroatoms. The van der Waals surface area contributed by atoms with Gasteiger partial charge in [-0.05, 0) is 48.5 Å². The molecule has 3 aromatic rings. The van der Waals surface area contributed by atoms with Gasteiger partial charge in [-0.3, -0.25) is 4.79 Å². The number of rotatable bonds is 6. The van der Waals surface area contributed by atoms with Crippen LogP contribution in [0.5, 0.6) is 0 Å².